The number of aliphatic hydroxyl groups excluding tert-OH is 1. The fraction of sp³-hybridized carbons (Fsp3) is 0.611. The molecule has 4 rings (SSSR count). The summed E-state index contributed by atoms with van der Waals surface area (Å²) in [6.45, 7) is 0.955. The summed E-state index contributed by atoms with van der Waals surface area (Å²) in [4.78, 5) is 14.1. The molecule has 3 atom stereocenters. The first-order valence-electron chi connectivity index (χ1n) is 8.31. The molecule has 2 aliphatic carbocycles. The molecule has 1 fully saturated rings. The standard InChI is InChI=1S/C18H23NO4/c1-19-6-4-10-7-13(23-2)17(22)16-15(10)12(19)9-18(16)5-3-11(20)8-14(18)21/h7,12,14,21-22H,3-6,8-9H2,1-2H3/t12-,14-,18-/m0/s1. The van der Waals surface area contributed by atoms with Crippen LogP contribution in [0, 0.1) is 0 Å². The Kier molecular flexibility index (Phi) is 3.22. The molecule has 5 nitrogen and oxygen atoms in total. The van der Waals surface area contributed by atoms with E-state index < -0.39 is 11.5 Å². The second-order valence-corrected chi connectivity index (χ2v) is 7.24. The van der Waals surface area contributed by atoms with Gasteiger partial charge in [-0.15, -0.1) is 0 Å². The second kappa shape index (κ2) is 4.95. The maximum Gasteiger partial charge on any atom is 0.161 e. The molecule has 5 heteroatoms. The van der Waals surface area contributed by atoms with Crippen molar-refractivity contribution < 1.29 is 19.7 Å². The maximum absolute atomic E-state index is 11.8. The molecule has 1 aromatic carbocycles. The zero-order valence-corrected chi connectivity index (χ0v) is 13.6. The van der Waals surface area contributed by atoms with Gasteiger partial charge in [0.2, 0.25) is 0 Å². The van der Waals surface area contributed by atoms with Gasteiger partial charge in [-0.2, -0.15) is 0 Å². The van der Waals surface area contributed by atoms with Gasteiger partial charge in [-0.05, 0) is 43.5 Å². The SMILES string of the molecule is COc1cc2c3c(c1O)[C@@]1(CCC(=O)C[C@@H]1O)C[C@@H]3N(C)CC2. The molecule has 3 aliphatic rings. The molecule has 2 N–H and O–H groups in total. The smallest absolute Gasteiger partial charge is 0.161 e. The van der Waals surface area contributed by atoms with Crippen molar-refractivity contribution in [2.24, 2.45) is 0 Å². The van der Waals surface area contributed by atoms with Crippen molar-refractivity contribution in [2.75, 3.05) is 20.7 Å². The molecule has 1 saturated carbocycles. The van der Waals surface area contributed by atoms with E-state index in [0.717, 1.165) is 30.5 Å². The van der Waals surface area contributed by atoms with Crippen molar-refractivity contribution in [3.8, 4) is 11.5 Å². The Hall–Kier alpha value is -1.59. The lowest BCUT2D eigenvalue weighted by Gasteiger charge is -2.39. The Morgan fingerprint density at radius 2 is 2.17 bits per heavy atom. The second-order valence-electron chi connectivity index (χ2n) is 7.24. The summed E-state index contributed by atoms with van der Waals surface area (Å²) >= 11 is 0. The number of Topliss-reactive ketones (excluding diaryl/α,β-unsaturated/α-hetero) is 1. The molecular formula is C18H23NO4. The van der Waals surface area contributed by atoms with Gasteiger partial charge in [-0.3, -0.25) is 9.69 Å². The zero-order valence-electron chi connectivity index (χ0n) is 13.6. The van der Waals surface area contributed by atoms with Crippen molar-refractivity contribution in [2.45, 2.75) is 49.7 Å². The first-order valence-corrected chi connectivity index (χ1v) is 8.31. The molecule has 0 amide bonds. The van der Waals surface area contributed by atoms with Crippen LogP contribution in [0.1, 0.15) is 48.4 Å². The molecule has 1 aromatic rings. The molecule has 23 heavy (non-hydrogen) atoms. The highest BCUT2D eigenvalue weighted by Gasteiger charge is 2.55. The Bertz CT molecular complexity index is 686. The van der Waals surface area contributed by atoms with Crippen molar-refractivity contribution in [3.05, 3.63) is 22.8 Å². The highest BCUT2D eigenvalue weighted by molar-refractivity contribution is 5.81. The lowest BCUT2D eigenvalue weighted by Crippen LogP contribution is -2.44. The van der Waals surface area contributed by atoms with Gasteiger partial charge in [0.05, 0.1) is 13.2 Å². The number of nitrogens with zero attached hydrogens (tertiary/aromatic N) is 1. The normalized spacial score (nSPS) is 33.1. The predicted molar refractivity (Wildman–Crippen MR) is 84.9 cm³/mol. The number of methoxy groups -OCH3 is 1. The van der Waals surface area contributed by atoms with E-state index in [-0.39, 0.29) is 24.0 Å². The number of carbonyl (C=O) groups is 1. The van der Waals surface area contributed by atoms with Gasteiger partial charge in [0.1, 0.15) is 5.78 Å². The third-order valence-electron chi connectivity index (χ3n) is 6.17. The number of aromatic hydroxyl groups is 1. The van der Waals surface area contributed by atoms with Gasteiger partial charge >= 0.3 is 0 Å². The van der Waals surface area contributed by atoms with Gasteiger partial charge in [0.15, 0.2) is 11.5 Å². The maximum atomic E-state index is 11.8. The van der Waals surface area contributed by atoms with E-state index in [1.54, 1.807) is 7.11 Å². The van der Waals surface area contributed by atoms with Crippen molar-refractivity contribution in [3.63, 3.8) is 0 Å². The van der Waals surface area contributed by atoms with Crippen LogP contribution in [0.25, 0.3) is 0 Å². The van der Waals surface area contributed by atoms with Crippen LogP contribution in [0.15, 0.2) is 6.07 Å². The number of benzene rings is 1. The van der Waals surface area contributed by atoms with E-state index in [9.17, 15) is 15.0 Å². The summed E-state index contributed by atoms with van der Waals surface area (Å²) in [5.41, 5.74) is 2.67. The summed E-state index contributed by atoms with van der Waals surface area (Å²) in [6.07, 6.45) is 2.20. The molecular weight excluding hydrogens is 294 g/mol. The van der Waals surface area contributed by atoms with Crippen molar-refractivity contribution in [1.82, 2.24) is 4.90 Å². The Balaban J connectivity index is 1.96. The van der Waals surface area contributed by atoms with Gasteiger partial charge in [0.25, 0.3) is 0 Å². The van der Waals surface area contributed by atoms with Gasteiger partial charge in [-0.1, -0.05) is 0 Å². The average Bonchev–Trinajstić information content (AvgIpc) is 2.88. The topological polar surface area (TPSA) is 70.0 Å². The summed E-state index contributed by atoms with van der Waals surface area (Å²) in [5, 5.41) is 21.6. The molecule has 0 bridgehead atoms. The minimum atomic E-state index is -0.732. The predicted octanol–water partition coefficient (Wildman–Crippen LogP) is 1.69. The van der Waals surface area contributed by atoms with E-state index in [2.05, 4.69) is 11.9 Å². The lowest BCUT2D eigenvalue weighted by atomic mass is 9.67. The number of carbonyl (C=O) groups excluding carboxylic acids is 1. The summed E-state index contributed by atoms with van der Waals surface area (Å²) in [7, 11) is 3.65. The van der Waals surface area contributed by atoms with Crippen molar-refractivity contribution in [1.29, 1.82) is 0 Å². The van der Waals surface area contributed by atoms with Gasteiger partial charge in [0, 0.05) is 36.4 Å². The minimum absolute atomic E-state index is 0.110. The molecule has 0 saturated heterocycles. The Morgan fingerprint density at radius 3 is 2.87 bits per heavy atom. The third kappa shape index (κ3) is 1.90. The number of phenols is 1. The number of likely N-dealkylation sites (N-methyl/N-ethyl adjacent to an activating group) is 1. The first-order chi connectivity index (χ1) is 11.0. The molecule has 0 aromatic heterocycles. The highest BCUT2D eigenvalue weighted by atomic mass is 16.5. The van der Waals surface area contributed by atoms with E-state index in [4.69, 9.17) is 4.74 Å². The van der Waals surface area contributed by atoms with Crippen LogP contribution in [-0.2, 0) is 16.6 Å². The number of fused-ring (bicyclic) bond motifs is 1. The fourth-order valence-electron chi connectivity index (χ4n) is 4.91. The number of aliphatic hydroxyl groups is 1. The molecule has 1 aliphatic heterocycles. The van der Waals surface area contributed by atoms with Crippen LogP contribution >= 0.6 is 0 Å². The average molecular weight is 317 g/mol. The van der Waals surface area contributed by atoms with E-state index in [0.29, 0.717) is 18.6 Å². The Labute approximate surface area is 135 Å². The first kappa shape index (κ1) is 15.0. The van der Waals surface area contributed by atoms with Gasteiger partial charge < -0.3 is 14.9 Å². The number of ether oxygens (including phenoxy) is 1. The molecule has 124 valence electrons. The van der Waals surface area contributed by atoms with Crippen LogP contribution in [0.2, 0.25) is 0 Å². The third-order valence-corrected chi connectivity index (χ3v) is 6.17. The van der Waals surface area contributed by atoms with E-state index >= 15 is 0 Å². The highest BCUT2D eigenvalue weighted by Crippen LogP contribution is 2.60. The largest absolute Gasteiger partial charge is 0.504 e. The summed E-state index contributed by atoms with van der Waals surface area (Å²) in [6, 6.07) is 2.14. The zero-order chi connectivity index (χ0) is 16.4. The summed E-state index contributed by atoms with van der Waals surface area (Å²) in [5.74, 6) is 0.740. The van der Waals surface area contributed by atoms with Crippen LogP contribution in [0.4, 0.5) is 0 Å². The number of rotatable bonds is 1. The fourth-order valence-corrected chi connectivity index (χ4v) is 4.91. The Morgan fingerprint density at radius 1 is 1.39 bits per heavy atom. The summed E-state index contributed by atoms with van der Waals surface area (Å²) < 4.78 is 5.38. The number of hydrogen-bond acceptors (Lipinski definition) is 5. The minimum Gasteiger partial charge on any atom is -0.504 e. The molecule has 0 unspecified atom stereocenters. The molecule has 0 radical (unpaired) electrons. The van der Waals surface area contributed by atoms with Crippen molar-refractivity contribution >= 4 is 5.78 Å². The van der Waals surface area contributed by atoms with E-state index in [1.165, 1.54) is 5.56 Å². The molecule has 1 heterocycles. The quantitative estimate of drug-likeness (QED) is 0.825. The molecule has 1 spiro atoms. The number of phenolic OH excluding ortho intramolecular Hbond substituents is 1. The number of ketones is 1. The van der Waals surface area contributed by atoms with Crippen LogP contribution in [0.5, 0.6) is 11.5 Å². The van der Waals surface area contributed by atoms with Crippen LogP contribution < -0.4 is 4.74 Å². The number of hydrogen-bond donors (Lipinski definition) is 2. The lowest BCUT2D eigenvalue weighted by molar-refractivity contribution is -0.126. The van der Waals surface area contributed by atoms with E-state index in [1.807, 2.05) is 6.07 Å². The monoisotopic (exact) mass is 317 g/mol. The van der Waals surface area contributed by atoms with Gasteiger partial charge in [-0.25, -0.2) is 0 Å². The van der Waals surface area contributed by atoms with Crippen LogP contribution in [0.3, 0.4) is 0 Å². The van der Waals surface area contributed by atoms with Crippen LogP contribution in [-0.4, -0.2) is 47.7 Å².